The third-order valence-corrected chi connectivity index (χ3v) is 3.05. The van der Waals surface area contributed by atoms with Crippen molar-refractivity contribution < 1.29 is 14.3 Å². The molecule has 0 bridgehead atoms. The van der Waals surface area contributed by atoms with Crippen LogP contribution in [0, 0.1) is 0 Å². The molecule has 2 N–H and O–H groups in total. The number of nitrogens with zero attached hydrogens (tertiary/aromatic N) is 3. The Morgan fingerprint density at radius 3 is 2.95 bits per heavy atom. The monoisotopic (exact) mass is 286 g/mol. The quantitative estimate of drug-likeness (QED) is 0.739. The van der Waals surface area contributed by atoms with Crippen molar-refractivity contribution in [1.82, 2.24) is 20.1 Å². The van der Waals surface area contributed by atoms with Crippen molar-refractivity contribution in [2.45, 2.75) is 13.1 Å². The molecule has 3 aromatic rings. The van der Waals surface area contributed by atoms with Crippen molar-refractivity contribution in [3.63, 3.8) is 0 Å². The van der Waals surface area contributed by atoms with Crippen LogP contribution in [0.2, 0.25) is 0 Å². The molecule has 0 atom stereocenters. The van der Waals surface area contributed by atoms with Gasteiger partial charge in [0, 0.05) is 19.0 Å². The Bertz CT molecular complexity index is 790. The van der Waals surface area contributed by atoms with E-state index in [1.54, 1.807) is 17.1 Å². The van der Waals surface area contributed by atoms with Crippen molar-refractivity contribution in [3.8, 4) is 0 Å². The maximum Gasteiger partial charge on any atom is 0.371 e. The number of furan rings is 1. The summed E-state index contributed by atoms with van der Waals surface area (Å²) < 4.78 is 6.87. The number of aromatic carboxylic acids is 1. The van der Waals surface area contributed by atoms with Gasteiger partial charge in [-0.15, -0.1) is 0 Å². The lowest BCUT2D eigenvalue weighted by Crippen LogP contribution is -2.13. The number of aromatic nitrogens is 3. The molecule has 21 heavy (non-hydrogen) atoms. The molecule has 2 heterocycles. The van der Waals surface area contributed by atoms with Gasteiger partial charge >= 0.3 is 5.97 Å². The SMILES string of the molecule is Cn1cnc(CNCc2ccc3oc(C(=O)O)cc3c2)n1. The van der Waals surface area contributed by atoms with E-state index in [1.165, 1.54) is 6.07 Å². The molecule has 0 amide bonds. The minimum atomic E-state index is -1.06. The standard InChI is InChI=1S/C14H14N4O3/c1-18-8-16-13(17-18)7-15-6-9-2-3-11-10(4-9)5-12(21-11)14(19)20/h2-5,8,15H,6-7H2,1H3,(H,19,20). The number of carboxylic acid groups (broad SMARTS) is 1. The van der Waals surface area contributed by atoms with Crippen molar-refractivity contribution in [2.75, 3.05) is 0 Å². The van der Waals surface area contributed by atoms with Gasteiger partial charge in [0.05, 0.1) is 6.54 Å². The van der Waals surface area contributed by atoms with Gasteiger partial charge in [0.2, 0.25) is 5.76 Å². The molecule has 0 aliphatic rings. The number of carboxylic acids is 1. The molecule has 0 unspecified atom stereocenters. The Hall–Kier alpha value is -2.67. The van der Waals surface area contributed by atoms with Crippen LogP contribution in [-0.4, -0.2) is 25.8 Å². The van der Waals surface area contributed by atoms with Crippen molar-refractivity contribution in [1.29, 1.82) is 0 Å². The van der Waals surface area contributed by atoms with Crippen LogP contribution in [0.4, 0.5) is 0 Å². The zero-order chi connectivity index (χ0) is 14.8. The third-order valence-electron chi connectivity index (χ3n) is 3.05. The Morgan fingerprint density at radius 1 is 1.38 bits per heavy atom. The van der Waals surface area contributed by atoms with Crippen LogP contribution in [0.1, 0.15) is 21.9 Å². The predicted octanol–water partition coefficient (Wildman–Crippen LogP) is 1.55. The fraction of sp³-hybridized carbons (Fsp3) is 0.214. The molecule has 0 saturated carbocycles. The van der Waals surface area contributed by atoms with Crippen LogP contribution in [0.25, 0.3) is 11.0 Å². The summed E-state index contributed by atoms with van der Waals surface area (Å²) in [5.41, 5.74) is 1.61. The van der Waals surface area contributed by atoms with Crippen LogP contribution in [-0.2, 0) is 20.1 Å². The summed E-state index contributed by atoms with van der Waals surface area (Å²) in [5.74, 6) is -0.380. The van der Waals surface area contributed by atoms with E-state index in [4.69, 9.17) is 9.52 Å². The maximum atomic E-state index is 10.9. The van der Waals surface area contributed by atoms with Gasteiger partial charge in [-0.3, -0.25) is 4.68 Å². The van der Waals surface area contributed by atoms with Crippen LogP contribution >= 0.6 is 0 Å². The normalized spacial score (nSPS) is 11.1. The highest BCUT2D eigenvalue weighted by molar-refractivity contribution is 5.91. The van der Waals surface area contributed by atoms with Crippen molar-refractivity contribution in [3.05, 3.63) is 47.7 Å². The fourth-order valence-electron chi connectivity index (χ4n) is 2.09. The lowest BCUT2D eigenvalue weighted by Gasteiger charge is -2.02. The second kappa shape index (κ2) is 5.37. The van der Waals surface area contributed by atoms with Gasteiger partial charge in [-0.1, -0.05) is 6.07 Å². The average molecular weight is 286 g/mol. The molecule has 0 aliphatic carbocycles. The number of nitrogens with one attached hydrogen (secondary N) is 1. The molecule has 1 aromatic carbocycles. The summed E-state index contributed by atoms with van der Waals surface area (Å²) >= 11 is 0. The van der Waals surface area contributed by atoms with Gasteiger partial charge in [-0.2, -0.15) is 5.10 Å². The second-order valence-electron chi connectivity index (χ2n) is 4.73. The minimum absolute atomic E-state index is 0.0483. The van der Waals surface area contributed by atoms with E-state index in [2.05, 4.69) is 15.4 Å². The molecule has 0 radical (unpaired) electrons. The molecule has 0 saturated heterocycles. The zero-order valence-electron chi connectivity index (χ0n) is 11.4. The van der Waals surface area contributed by atoms with E-state index in [0.717, 1.165) is 16.8 Å². The second-order valence-corrected chi connectivity index (χ2v) is 4.73. The molecule has 108 valence electrons. The van der Waals surface area contributed by atoms with Gasteiger partial charge in [0.25, 0.3) is 0 Å². The first-order valence-corrected chi connectivity index (χ1v) is 6.43. The molecule has 0 spiro atoms. The lowest BCUT2D eigenvalue weighted by molar-refractivity contribution is 0.0665. The first kappa shape index (κ1) is 13.3. The third kappa shape index (κ3) is 2.92. The topological polar surface area (TPSA) is 93.2 Å². The van der Waals surface area contributed by atoms with E-state index in [9.17, 15) is 4.79 Å². The summed E-state index contributed by atoms with van der Waals surface area (Å²) in [6.07, 6.45) is 1.65. The Kier molecular flexibility index (Phi) is 3.41. The summed E-state index contributed by atoms with van der Waals surface area (Å²) in [7, 11) is 1.82. The van der Waals surface area contributed by atoms with Gasteiger partial charge in [0.1, 0.15) is 11.9 Å². The Morgan fingerprint density at radius 2 is 2.24 bits per heavy atom. The van der Waals surface area contributed by atoms with Crippen LogP contribution in [0.3, 0.4) is 0 Å². The minimum Gasteiger partial charge on any atom is -0.475 e. The van der Waals surface area contributed by atoms with Crippen molar-refractivity contribution >= 4 is 16.9 Å². The fourth-order valence-corrected chi connectivity index (χ4v) is 2.09. The van der Waals surface area contributed by atoms with Crippen molar-refractivity contribution in [2.24, 2.45) is 7.05 Å². The number of aryl methyl sites for hydroxylation is 1. The molecule has 7 nitrogen and oxygen atoms in total. The molecular formula is C14H14N4O3. The van der Waals surface area contributed by atoms with E-state index in [-0.39, 0.29) is 5.76 Å². The highest BCUT2D eigenvalue weighted by atomic mass is 16.4. The smallest absolute Gasteiger partial charge is 0.371 e. The summed E-state index contributed by atoms with van der Waals surface area (Å²) in [6, 6.07) is 7.11. The molecule has 7 heteroatoms. The summed E-state index contributed by atoms with van der Waals surface area (Å²) in [6.45, 7) is 1.21. The molecular weight excluding hydrogens is 272 g/mol. The lowest BCUT2D eigenvalue weighted by atomic mass is 10.1. The molecule has 2 aromatic heterocycles. The largest absolute Gasteiger partial charge is 0.475 e. The number of benzene rings is 1. The number of carbonyl (C=O) groups is 1. The summed E-state index contributed by atoms with van der Waals surface area (Å²) in [5, 5.41) is 17.1. The molecule has 0 aliphatic heterocycles. The van der Waals surface area contributed by atoms with E-state index in [1.807, 2.05) is 19.2 Å². The first-order chi connectivity index (χ1) is 10.1. The van der Waals surface area contributed by atoms with Crippen LogP contribution in [0.5, 0.6) is 0 Å². The molecule has 0 fully saturated rings. The van der Waals surface area contributed by atoms with Gasteiger partial charge in [-0.25, -0.2) is 9.78 Å². The van der Waals surface area contributed by atoms with E-state index >= 15 is 0 Å². The highest BCUT2D eigenvalue weighted by Gasteiger charge is 2.10. The van der Waals surface area contributed by atoms with Gasteiger partial charge < -0.3 is 14.8 Å². The maximum absolute atomic E-state index is 10.9. The van der Waals surface area contributed by atoms with Crippen LogP contribution in [0.15, 0.2) is 35.0 Å². The number of rotatable bonds is 5. The molecule has 3 rings (SSSR count). The number of hydrogen-bond donors (Lipinski definition) is 2. The number of fused-ring (bicyclic) bond motifs is 1. The Labute approximate surface area is 120 Å². The predicted molar refractivity (Wildman–Crippen MR) is 74.7 cm³/mol. The summed E-state index contributed by atoms with van der Waals surface area (Å²) in [4.78, 5) is 15.0. The first-order valence-electron chi connectivity index (χ1n) is 6.43. The number of hydrogen-bond acceptors (Lipinski definition) is 5. The van der Waals surface area contributed by atoms with Gasteiger partial charge in [-0.05, 0) is 23.8 Å². The van der Waals surface area contributed by atoms with Crippen LogP contribution < -0.4 is 5.32 Å². The van der Waals surface area contributed by atoms with Gasteiger partial charge in [0.15, 0.2) is 5.82 Å². The highest BCUT2D eigenvalue weighted by Crippen LogP contribution is 2.20. The van der Waals surface area contributed by atoms with E-state index in [0.29, 0.717) is 18.7 Å². The zero-order valence-corrected chi connectivity index (χ0v) is 11.4. The van der Waals surface area contributed by atoms with E-state index < -0.39 is 5.97 Å². The Balaban J connectivity index is 1.68. The average Bonchev–Trinajstić information content (AvgIpc) is 3.04.